The van der Waals surface area contributed by atoms with E-state index in [-0.39, 0.29) is 6.61 Å². The van der Waals surface area contributed by atoms with Gasteiger partial charge in [0.2, 0.25) is 0 Å². The van der Waals surface area contributed by atoms with Crippen LogP contribution >= 0.6 is 0 Å². The number of methoxy groups -OCH3 is 1. The Morgan fingerprint density at radius 3 is 2.86 bits per heavy atom. The van der Waals surface area contributed by atoms with Crippen molar-refractivity contribution in [3.8, 4) is 0 Å². The second-order valence-electron chi connectivity index (χ2n) is 4.98. The van der Waals surface area contributed by atoms with Gasteiger partial charge in [0.05, 0.1) is 19.1 Å². The molecule has 0 aromatic carbocycles. The predicted octanol–water partition coefficient (Wildman–Crippen LogP) is 0.127. The Kier molecular flexibility index (Phi) is 4.39. The molecule has 0 bridgehead atoms. The van der Waals surface area contributed by atoms with E-state index in [1.165, 1.54) is 7.11 Å². The highest BCUT2D eigenvalue weighted by atomic mass is 16.7. The van der Waals surface area contributed by atoms with Gasteiger partial charge in [0.25, 0.3) is 0 Å². The van der Waals surface area contributed by atoms with E-state index in [1.54, 1.807) is 30.7 Å². The molecule has 0 aliphatic carbocycles. The first-order valence-electron chi connectivity index (χ1n) is 6.71. The zero-order valence-electron chi connectivity index (χ0n) is 11.5. The lowest BCUT2D eigenvalue weighted by atomic mass is 9.98. The molecule has 2 fully saturated rings. The van der Waals surface area contributed by atoms with Crippen LogP contribution in [0.5, 0.6) is 0 Å². The Balaban J connectivity index is 1.64. The number of hydrogen-bond acceptors (Lipinski definition) is 7. The fourth-order valence-corrected chi connectivity index (χ4v) is 2.45. The molecule has 1 aromatic rings. The van der Waals surface area contributed by atoms with Crippen molar-refractivity contribution < 1.29 is 33.6 Å². The van der Waals surface area contributed by atoms with Crippen molar-refractivity contribution in [3.63, 3.8) is 0 Å². The third kappa shape index (κ3) is 3.03. The largest absolute Gasteiger partial charge is 0.472 e. The minimum absolute atomic E-state index is 0.245. The summed E-state index contributed by atoms with van der Waals surface area (Å²) < 4.78 is 26.6. The van der Waals surface area contributed by atoms with Crippen LogP contribution in [-0.4, -0.2) is 60.9 Å². The van der Waals surface area contributed by atoms with Crippen LogP contribution < -0.4 is 0 Å². The van der Waals surface area contributed by atoms with Crippen LogP contribution in [-0.2, 0) is 18.9 Å². The summed E-state index contributed by atoms with van der Waals surface area (Å²) in [5.41, 5.74) is 0.879. The Labute approximate surface area is 121 Å². The molecule has 3 rings (SSSR count). The summed E-state index contributed by atoms with van der Waals surface area (Å²) in [5, 5.41) is 20.0. The van der Waals surface area contributed by atoms with Gasteiger partial charge in [-0.3, -0.25) is 0 Å². The Hall–Kier alpha value is -1.22. The molecule has 0 spiro atoms. The van der Waals surface area contributed by atoms with Crippen molar-refractivity contribution in [2.45, 2.75) is 37.0 Å². The van der Waals surface area contributed by atoms with E-state index in [2.05, 4.69) is 0 Å². The van der Waals surface area contributed by atoms with Gasteiger partial charge in [-0.05, 0) is 12.1 Å². The molecule has 2 aliphatic rings. The van der Waals surface area contributed by atoms with E-state index in [9.17, 15) is 10.2 Å². The molecule has 2 saturated heterocycles. The summed E-state index contributed by atoms with van der Waals surface area (Å²) in [6.45, 7) is 0.245. The molecule has 7 heteroatoms. The summed E-state index contributed by atoms with van der Waals surface area (Å²) in [7, 11) is 1.40. The molecule has 0 saturated carbocycles. The lowest BCUT2D eigenvalue weighted by Gasteiger charge is -2.45. The maximum atomic E-state index is 10.1. The molecule has 2 unspecified atom stereocenters. The molecule has 7 nitrogen and oxygen atoms in total. The average molecular weight is 298 g/mol. The third-order valence-electron chi connectivity index (χ3n) is 3.58. The molecule has 1 aromatic heterocycles. The molecule has 0 radical (unpaired) electrons. The molecule has 116 valence electrons. The van der Waals surface area contributed by atoms with Gasteiger partial charge in [-0.25, -0.2) is 0 Å². The summed E-state index contributed by atoms with van der Waals surface area (Å²) in [6, 6.07) is 1.80. The third-order valence-corrected chi connectivity index (χ3v) is 3.58. The molecular weight excluding hydrogens is 280 g/mol. The molecule has 2 aliphatic heterocycles. The monoisotopic (exact) mass is 298 g/mol. The quantitative estimate of drug-likeness (QED) is 0.819. The maximum absolute atomic E-state index is 10.1. The van der Waals surface area contributed by atoms with Gasteiger partial charge in [-0.15, -0.1) is 0 Å². The van der Waals surface area contributed by atoms with E-state index >= 15 is 0 Å². The van der Waals surface area contributed by atoms with Crippen molar-refractivity contribution in [1.29, 1.82) is 0 Å². The SMILES string of the molecule is COC1O[C@@H]2COC(C=Cc3ccoc3)O[C@H]2[C@H](O)[C@H]1O. The van der Waals surface area contributed by atoms with Gasteiger partial charge in [0.15, 0.2) is 12.6 Å². The van der Waals surface area contributed by atoms with Crippen LogP contribution in [0.25, 0.3) is 6.08 Å². The first kappa shape index (κ1) is 14.7. The highest BCUT2D eigenvalue weighted by Crippen LogP contribution is 2.29. The summed E-state index contributed by atoms with van der Waals surface area (Å²) in [6.07, 6.45) is 1.76. The number of ether oxygens (including phenoxy) is 4. The first-order valence-corrected chi connectivity index (χ1v) is 6.71. The van der Waals surface area contributed by atoms with Crippen LogP contribution in [0, 0.1) is 0 Å². The number of aliphatic hydroxyl groups excluding tert-OH is 2. The van der Waals surface area contributed by atoms with Crippen molar-refractivity contribution in [3.05, 3.63) is 30.2 Å². The van der Waals surface area contributed by atoms with E-state index in [4.69, 9.17) is 23.4 Å². The average Bonchev–Trinajstić information content (AvgIpc) is 3.02. The van der Waals surface area contributed by atoms with Crippen LogP contribution in [0.15, 0.2) is 29.1 Å². The zero-order valence-corrected chi connectivity index (χ0v) is 11.5. The number of furan rings is 1. The van der Waals surface area contributed by atoms with Gasteiger partial charge in [0, 0.05) is 12.7 Å². The second kappa shape index (κ2) is 6.27. The topological polar surface area (TPSA) is 90.5 Å². The molecule has 0 amide bonds. The van der Waals surface area contributed by atoms with Crippen LogP contribution in [0.4, 0.5) is 0 Å². The maximum Gasteiger partial charge on any atom is 0.186 e. The van der Waals surface area contributed by atoms with E-state index < -0.39 is 37.0 Å². The van der Waals surface area contributed by atoms with Crippen LogP contribution in [0.2, 0.25) is 0 Å². The second-order valence-corrected chi connectivity index (χ2v) is 4.98. The molecular formula is C14H18O7. The van der Waals surface area contributed by atoms with Crippen LogP contribution in [0.1, 0.15) is 5.56 Å². The fourth-order valence-electron chi connectivity index (χ4n) is 2.45. The Bertz CT molecular complexity index is 470. The van der Waals surface area contributed by atoms with Crippen LogP contribution in [0.3, 0.4) is 0 Å². The van der Waals surface area contributed by atoms with E-state index in [0.717, 1.165) is 5.56 Å². The molecule has 6 atom stereocenters. The summed E-state index contributed by atoms with van der Waals surface area (Å²) in [4.78, 5) is 0. The Morgan fingerprint density at radius 1 is 1.29 bits per heavy atom. The first-order chi connectivity index (χ1) is 10.2. The van der Waals surface area contributed by atoms with Crippen molar-refractivity contribution in [1.82, 2.24) is 0 Å². The smallest absolute Gasteiger partial charge is 0.186 e. The molecule has 21 heavy (non-hydrogen) atoms. The van der Waals surface area contributed by atoms with Crippen molar-refractivity contribution in [2.75, 3.05) is 13.7 Å². The van der Waals surface area contributed by atoms with Gasteiger partial charge in [-0.1, -0.05) is 6.08 Å². The summed E-state index contributed by atoms with van der Waals surface area (Å²) in [5.74, 6) is 0. The number of aliphatic hydroxyl groups is 2. The van der Waals surface area contributed by atoms with Crippen molar-refractivity contribution >= 4 is 6.08 Å². The standard InChI is InChI=1S/C14H18O7/c1-17-14-12(16)11(15)13-9(20-14)7-19-10(21-13)3-2-8-4-5-18-6-8/h2-6,9-16H,7H2,1H3/t9-,10?,11-,12-,13-,14?/m1/s1. The van der Waals surface area contributed by atoms with Crippen molar-refractivity contribution in [2.24, 2.45) is 0 Å². The number of hydrogen-bond donors (Lipinski definition) is 2. The predicted molar refractivity (Wildman–Crippen MR) is 70.0 cm³/mol. The normalized spacial score (nSPS) is 40.3. The van der Waals surface area contributed by atoms with Gasteiger partial charge in [0.1, 0.15) is 24.4 Å². The minimum atomic E-state index is -1.16. The van der Waals surface area contributed by atoms with E-state index in [1.807, 2.05) is 0 Å². The number of rotatable bonds is 3. The zero-order chi connectivity index (χ0) is 14.8. The number of fused-ring (bicyclic) bond motifs is 1. The molecule has 3 heterocycles. The van der Waals surface area contributed by atoms with Gasteiger partial charge in [-0.2, -0.15) is 0 Å². The highest BCUT2D eigenvalue weighted by Gasteiger charge is 2.48. The van der Waals surface area contributed by atoms with E-state index in [0.29, 0.717) is 0 Å². The van der Waals surface area contributed by atoms with Gasteiger partial charge >= 0.3 is 0 Å². The fraction of sp³-hybridized carbons (Fsp3) is 0.571. The lowest BCUT2D eigenvalue weighted by molar-refractivity contribution is -0.347. The minimum Gasteiger partial charge on any atom is -0.472 e. The summed E-state index contributed by atoms with van der Waals surface area (Å²) >= 11 is 0. The highest BCUT2D eigenvalue weighted by molar-refractivity contribution is 5.47. The van der Waals surface area contributed by atoms with Gasteiger partial charge < -0.3 is 33.6 Å². The Morgan fingerprint density at radius 2 is 2.14 bits per heavy atom. The molecule has 2 N–H and O–H groups in total. The lowest BCUT2D eigenvalue weighted by Crippen LogP contribution is -2.62.